The van der Waals surface area contributed by atoms with Crippen LogP contribution in [0.5, 0.6) is 0 Å². The maximum absolute atomic E-state index is 11.6. The summed E-state index contributed by atoms with van der Waals surface area (Å²) < 4.78 is 2.96. The predicted octanol–water partition coefficient (Wildman–Crippen LogP) is 3.27. The molecule has 1 heterocycles. The molecule has 2 aromatic rings. The predicted molar refractivity (Wildman–Crippen MR) is 84.4 cm³/mol. The number of amides is 1. The first-order chi connectivity index (χ1) is 9.47. The second-order valence-corrected chi connectivity index (χ2v) is 5.51. The summed E-state index contributed by atoms with van der Waals surface area (Å²) in [5, 5.41) is 0. The number of nitrogens with two attached hydrogens (primary N) is 1. The van der Waals surface area contributed by atoms with Gasteiger partial charge in [-0.3, -0.25) is 4.79 Å². The standard InChI is InChI=1S/C16H15BrN2O/c1-4-9-19-11(3)14(16(18)20)10(2)15(19)12-5-7-13(17)8-6-12/h1,5-8H,9H2,2-3H3,(H2,18,20). The van der Waals surface area contributed by atoms with Crippen LogP contribution in [0, 0.1) is 26.2 Å². The smallest absolute Gasteiger partial charge is 0.250 e. The van der Waals surface area contributed by atoms with Gasteiger partial charge in [-0.1, -0.05) is 34.0 Å². The number of carbonyl (C=O) groups is 1. The van der Waals surface area contributed by atoms with Gasteiger partial charge in [0.05, 0.1) is 17.8 Å². The molecule has 0 aliphatic carbocycles. The van der Waals surface area contributed by atoms with Gasteiger partial charge in [0, 0.05) is 10.2 Å². The molecule has 0 unspecified atom stereocenters. The van der Waals surface area contributed by atoms with Gasteiger partial charge in [-0.15, -0.1) is 6.42 Å². The lowest BCUT2D eigenvalue weighted by Crippen LogP contribution is -2.13. The number of hydrogen-bond acceptors (Lipinski definition) is 1. The third-order valence-corrected chi connectivity index (χ3v) is 3.91. The number of terminal acetylenes is 1. The van der Waals surface area contributed by atoms with Gasteiger partial charge in [-0.25, -0.2) is 0 Å². The van der Waals surface area contributed by atoms with Gasteiger partial charge in [-0.2, -0.15) is 0 Å². The van der Waals surface area contributed by atoms with Crippen molar-refractivity contribution >= 4 is 21.8 Å². The third kappa shape index (κ3) is 2.37. The molecule has 0 aliphatic rings. The Labute approximate surface area is 126 Å². The first-order valence-corrected chi connectivity index (χ1v) is 6.95. The summed E-state index contributed by atoms with van der Waals surface area (Å²) in [4.78, 5) is 11.6. The average Bonchev–Trinajstić information content (AvgIpc) is 2.63. The molecule has 0 bridgehead atoms. The van der Waals surface area contributed by atoms with Crippen LogP contribution in [-0.2, 0) is 6.54 Å². The Morgan fingerprint density at radius 2 is 1.95 bits per heavy atom. The fraction of sp³-hybridized carbons (Fsp3) is 0.188. The van der Waals surface area contributed by atoms with Crippen LogP contribution in [0.2, 0.25) is 0 Å². The van der Waals surface area contributed by atoms with Crippen LogP contribution in [0.1, 0.15) is 21.6 Å². The van der Waals surface area contributed by atoms with E-state index in [0.717, 1.165) is 27.0 Å². The van der Waals surface area contributed by atoms with Crippen molar-refractivity contribution in [2.45, 2.75) is 20.4 Å². The second kappa shape index (κ2) is 5.56. The van der Waals surface area contributed by atoms with E-state index in [-0.39, 0.29) is 0 Å². The summed E-state index contributed by atoms with van der Waals surface area (Å²) in [6.07, 6.45) is 5.44. The number of nitrogens with zero attached hydrogens (tertiary/aromatic N) is 1. The maximum Gasteiger partial charge on any atom is 0.250 e. The van der Waals surface area contributed by atoms with E-state index < -0.39 is 5.91 Å². The van der Waals surface area contributed by atoms with E-state index in [1.165, 1.54) is 0 Å². The van der Waals surface area contributed by atoms with Gasteiger partial charge in [0.1, 0.15) is 0 Å². The van der Waals surface area contributed by atoms with Gasteiger partial charge >= 0.3 is 0 Å². The molecule has 20 heavy (non-hydrogen) atoms. The highest BCUT2D eigenvalue weighted by molar-refractivity contribution is 9.10. The van der Waals surface area contributed by atoms with Crippen molar-refractivity contribution in [2.75, 3.05) is 0 Å². The Morgan fingerprint density at radius 3 is 2.45 bits per heavy atom. The number of benzene rings is 1. The van der Waals surface area contributed by atoms with Crippen LogP contribution < -0.4 is 5.73 Å². The highest BCUT2D eigenvalue weighted by Crippen LogP contribution is 2.31. The van der Waals surface area contributed by atoms with E-state index in [0.29, 0.717) is 12.1 Å². The third-order valence-electron chi connectivity index (χ3n) is 3.38. The minimum atomic E-state index is -0.422. The van der Waals surface area contributed by atoms with Gasteiger partial charge in [0.2, 0.25) is 0 Å². The number of hydrogen-bond donors (Lipinski definition) is 1. The average molecular weight is 331 g/mol. The number of aromatic nitrogens is 1. The Hall–Kier alpha value is -1.99. The van der Waals surface area contributed by atoms with Crippen molar-refractivity contribution in [3.63, 3.8) is 0 Å². The van der Waals surface area contributed by atoms with E-state index in [1.54, 1.807) is 0 Å². The molecular formula is C16H15BrN2O. The van der Waals surface area contributed by atoms with Gasteiger partial charge in [0.15, 0.2) is 0 Å². The highest BCUT2D eigenvalue weighted by atomic mass is 79.9. The highest BCUT2D eigenvalue weighted by Gasteiger charge is 2.21. The summed E-state index contributed by atoms with van der Waals surface area (Å²) in [6, 6.07) is 7.90. The molecule has 0 atom stereocenters. The van der Waals surface area contributed by atoms with Gasteiger partial charge < -0.3 is 10.3 Å². The lowest BCUT2D eigenvalue weighted by Gasteiger charge is -2.09. The maximum atomic E-state index is 11.6. The van der Waals surface area contributed by atoms with Crippen molar-refractivity contribution in [3.8, 4) is 23.6 Å². The molecule has 0 saturated heterocycles. The number of halogens is 1. The Morgan fingerprint density at radius 1 is 1.35 bits per heavy atom. The molecule has 0 fully saturated rings. The molecule has 1 aromatic heterocycles. The number of rotatable bonds is 3. The minimum absolute atomic E-state index is 0.408. The SMILES string of the molecule is C#CCn1c(C)c(C(N)=O)c(C)c1-c1ccc(Br)cc1. The Bertz CT molecular complexity index is 706. The van der Waals surface area contributed by atoms with E-state index in [2.05, 4.69) is 21.9 Å². The van der Waals surface area contributed by atoms with Crippen LogP contribution in [0.25, 0.3) is 11.3 Å². The summed E-state index contributed by atoms with van der Waals surface area (Å²) >= 11 is 3.42. The molecule has 3 nitrogen and oxygen atoms in total. The van der Waals surface area contributed by atoms with Crippen molar-refractivity contribution in [1.29, 1.82) is 0 Å². The number of carbonyl (C=O) groups excluding carboxylic acids is 1. The fourth-order valence-corrected chi connectivity index (χ4v) is 2.79. The number of primary amides is 1. The first-order valence-electron chi connectivity index (χ1n) is 6.16. The molecule has 4 heteroatoms. The molecule has 0 spiro atoms. The van der Waals surface area contributed by atoms with Crippen molar-refractivity contribution < 1.29 is 4.79 Å². The van der Waals surface area contributed by atoms with E-state index in [4.69, 9.17) is 12.2 Å². The van der Waals surface area contributed by atoms with Crippen LogP contribution in [0.3, 0.4) is 0 Å². The Balaban J connectivity index is 2.74. The summed E-state index contributed by atoms with van der Waals surface area (Å²) in [5.41, 5.74) is 9.67. The van der Waals surface area contributed by atoms with Crippen LogP contribution >= 0.6 is 15.9 Å². The van der Waals surface area contributed by atoms with Crippen molar-refractivity contribution in [2.24, 2.45) is 5.73 Å². The van der Waals surface area contributed by atoms with Gasteiger partial charge in [-0.05, 0) is 37.1 Å². The summed E-state index contributed by atoms with van der Waals surface area (Å²) in [6.45, 7) is 4.18. The van der Waals surface area contributed by atoms with Crippen LogP contribution in [0.15, 0.2) is 28.7 Å². The first kappa shape index (κ1) is 14.4. The zero-order valence-electron chi connectivity index (χ0n) is 11.4. The lowest BCUT2D eigenvalue weighted by molar-refractivity contribution is 0.0999. The van der Waals surface area contributed by atoms with Crippen molar-refractivity contribution in [3.05, 3.63) is 45.6 Å². The molecule has 102 valence electrons. The molecule has 0 saturated carbocycles. The topological polar surface area (TPSA) is 48.0 Å². The van der Waals surface area contributed by atoms with E-state index in [9.17, 15) is 4.79 Å². The molecule has 1 amide bonds. The molecular weight excluding hydrogens is 316 g/mol. The summed E-state index contributed by atoms with van der Waals surface area (Å²) in [7, 11) is 0. The quantitative estimate of drug-likeness (QED) is 0.862. The van der Waals surface area contributed by atoms with Crippen molar-refractivity contribution in [1.82, 2.24) is 4.57 Å². The van der Waals surface area contributed by atoms with Crippen LogP contribution in [0.4, 0.5) is 0 Å². The monoisotopic (exact) mass is 330 g/mol. The normalized spacial score (nSPS) is 10.3. The second-order valence-electron chi connectivity index (χ2n) is 4.60. The minimum Gasteiger partial charge on any atom is -0.366 e. The van der Waals surface area contributed by atoms with Gasteiger partial charge in [0.25, 0.3) is 5.91 Å². The van der Waals surface area contributed by atoms with E-state index >= 15 is 0 Å². The summed E-state index contributed by atoms with van der Waals surface area (Å²) in [5.74, 6) is 2.21. The fourth-order valence-electron chi connectivity index (χ4n) is 2.53. The molecule has 1 aromatic carbocycles. The molecule has 0 radical (unpaired) electrons. The zero-order valence-corrected chi connectivity index (χ0v) is 13.0. The molecule has 0 aliphatic heterocycles. The lowest BCUT2D eigenvalue weighted by atomic mass is 10.1. The molecule has 2 N–H and O–H groups in total. The van der Waals surface area contributed by atoms with E-state index in [1.807, 2.05) is 42.7 Å². The zero-order chi connectivity index (χ0) is 14.9. The Kier molecular flexibility index (Phi) is 4.01. The molecule has 2 rings (SSSR count). The van der Waals surface area contributed by atoms with Crippen LogP contribution in [-0.4, -0.2) is 10.5 Å². The largest absolute Gasteiger partial charge is 0.366 e.